The van der Waals surface area contributed by atoms with Crippen molar-refractivity contribution in [3.05, 3.63) is 71.9 Å². The highest BCUT2D eigenvalue weighted by atomic mass is 19.1. The Labute approximate surface area is 181 Å². The number of amides is 1. The number of nitrogens with zero attached hydrogens (tertiary/aromatic N) is 3. The molecule has 3 aromatic rings. The van der Waals surface area contributed by atoms with Gasteiger partial charge in [-0.1, -0.05) is 35.5 Å². The third-order valence-electron chi connectivity index (χ3n) is 5.62. The van der Waals surface area contributed by atoms with E-state index in [4.69, 9.17) is 4.52 Å². The van der Waals surface area contributed by atoms with Crippen LogP contribution in [0.1, 0.15) is 43.2 Å². The maximum absolute atomic E-state index is 13.0. The number of aryl methyl sites for hydroxylation is 1. The summed E-state index contributed by atoms with van der Waals surface area (Å²) in [6, 6.07) is 16.5. The van der Waals surface area contributed by atoms with Crippen molar-refractivity contribution in [1.82, 2.24) is 20.4 Å². The van der Waals surface area contributed by atoms with Crippen LogP contribution in [0.25, 0.3) is 11.4 Å². The molecule has 7 heteroatoms. The van der Waals surface area contributed by atoms with Crippen LogP contribution in [-0.2, 0) is 11.2 Å². The molecule has 1 atom stereocenters. The molecule has 2 heterocycles. The van der Waals surface area contributed by atoms with E-state index in [9.17, 15) is 9.18 Å². The van der Waals surface area contributed by atoms with Crippen molar-refractivity contribution >= 4 is 5.91 Å². The number of rotatable bonds is 9. The SMILES string of the molecule is O=C(CCCc1nc(-c2ccc(F)cc2)no1)NCC(c1ccccc1)N1CCCC1. The Hall–Kier alpha value is -3.06. The number of nitrogens with one attached hydrogen (secondary N) is 1. The van der Waals surface area contributed by atoms with Crippen LogP contribution in [0.15, 0.2) is 59.1 Å². The monoisotopic (exact) mass is 422 g/mol. The fourth-order valence-electron chi connectivity index (χ4n) is 3.96. The molecule has 1 aliphatic heterocycles. The van der Waals surface area contributed by atoms with Crippen molar-refractivity contribution in [3.63, 3.8) is 0 Å². The zero-order chi connectivity index (χ0) is 21.5. The second kappa shape index (κ2) is 10.3. The largest absolute Gasteiger partial charge is 0.354 e. The molecule has 1 fully saturated rings. The van der Waals surface area contributed by atoms with Crippen molar-refractivity contribution in [2.45, 2.75) is 38.1 Å². The number of hydrogen-bond acceptors (Lipinski definition) is 5. The van der Waals surface area contributed by atoms with Gasteiger partial charge in [0.15, 0.2) is 0 Å². The molecular formula is C24H27FN4O2. The van der Waals surface area contributed by atoms with Crippen LogP contribution in [0, 0.1) is 5.82 Å². The molecular weight excluding hydrogens is 395 g/mol. The van der Waals surface area contributed by atoms with Gasteiger partial charge in [0.05, 0.1) is 6.04 Å². The van der Waals surface area contributed by atoms with E-state index in [1.54, 1.807) is 12.1 Å². The fourth-order valence-corrected chi connectivity index (χ4v) is 3.96. The summed E-state index contributed by atoms with van der Waals surface area (Å²) in [5, 5.41) is 7.03. The highest BCUT2D eigenvalue weighted by Gasteiger charge is 2.23. The Balaban J connectivity index is 1.25. The summed E-state index contributed by atoms with van der Waals surface area (Å²) in [6.45, 7) is 2.75. The average molecular weight is 423 g/mol. The summed E-state index contributed by atoms with van der Waals surface area (Å²) in [4.78, 5) is 19.2. The minimum atomic E-state index is -0.308. The topological polar surface area (TPSA) is 71.3 Å². The van der Waals surface area contributed by atoms with E-state index in [0.717, 1.165) is 13.1 Å². The molecule has 4 rings (SSSR count). The first kappa shape index (κ1) is 21.2. The minimum absolute atomic E-state index is 0.0263. The first-order valence-corrected chi connectivity index (χ1v) is 10.8. The summed E-state index contributed by atoms with van der Waals surface area (Å²) in [6.07, 6.45) is 3.96. The molecule has 1 amide bonds. The maximum atomic E-state index is 13.0. The summed E-state index contributed by atoms with van der Waals surface area (Å²) < 4.78 is 18.3. The molecule has 1 aromatic heterocycles. The lowest BCUT2D eigenvalue weighted by Crippen LogP contribution is -2.36. The van der Waals surface area contributed by atoms with Gasteiger partial charge in [-0.3, -0.25) is 9.69 Å². The molecule has 1 unspecified atom stereocenters. The summed E-state index contributed by atoms with van der Waals surface area (Å²) in [5.41, 5.74) is 1.94. The maximum Gasteiger partial charge on any atom is 0.226 e. The van der Waals surface area contributed by atoms with Gasteiger partial charge in [0.25, 0.3) is 0 Å². The quantitative estimate of drug-likeness (QED) is 0.561. The molecule has 0 aliphatic carbocycles. The Morgan fingerprint density at radius 2 is 1.84 bits per heavy atom. The van der Waals surface area contributed by atoms with E-state index in [2.05, 4.69) is 32.5 Å². The third kappa shape index (κ3) is 5.76. The van der Waals surface area contributed by atoms with Crippen molar-refractivity contribution < 1.29 is 13.7 Å². The van der Waals surface area contributed by atoms with Crippen LogP contribution < -0.4 is 5.32 Å². The molecule has 2 aromatic carbocycles. The van der Waals surface area contributed by atoms with E-state index in [-0.39, 0.29) is 17.8 Å². The summed E-state index contributed by atoms with van der Waals surface area (Å²) >= 11 is 0. The standard InChI is InChI=1S/C24H27FN4O2/c25-20-13-11-19(12-14-20)24-27-23(31-28-24)10-6-9-22(30)26-17-21(29-15-4-5-16-29)18-7-2-1-3-8-18/h1-3,7-8,11-14,21H,4-6,9-10,15-17H2,(H,26,30). The van der Waals surface area contributed by atoms with Crippen LogP contribution in [-0.4, -0.2) is 40.6 Å². The third-order valence-corrected chi connectivity index (χ3v) is 5.62. The summed E-state index contributed by atoms with van der Waals surface area (Å²) in [5.74, 6) is 0.623. The molecule has 0 spiro atoms. The number of carbonyl (C=O) groups excluding carboxylic acids is 1. The van der Waals surface area contributed by atoms with Gasteiger partial charge < -0.3 is 9.84 Å². The van der Waals surface area contributed by atoms with E-state index in [1.807, 2.05) is 18.2 Å². The van der Waals surface area contributed by atoms with Crippen LogP contribution in [0.2, 0.25) is 0 Å². The second-order valence-electron chi connectivity index (χ2n) is 7.85. The van der Waals surface area contributed by atoms with E-state index >= 15 is 0 Å². The van der Waals surface area contributed by atoms with Crippen molar-refractivity contribution in [2.24, 2.45) is 0 Å². The van der Waals surface area contributed by atoms with Gasteiger partial charge in [-0.15, -0.1) is 0 Å². The number of benzene rings is 2. The van der Waals surface area contributed by atoms with Crippen molar-refractivity contribution in [2.75, 3.05) is 19.6 Å². The molecule has 1 aliphatic rings. The first-order valence-electron chi connectivity index (χ1n) is 10.8. The molecule has 31 heavy (non-hydrogen) atoms. The molecule has 1 N–H and O–H groups in total. The van der Waals surface area contributed by atoms with Gasteiger partial charge in [-0.05, 0) is 62.2 Å². The Morgan fingerprint density at radius 3 is 2.58 bits per heavy atom. The van der Waals surface area contributed by atoms with Gasteiger partial charge in [0.2, 0.25) is 17.6 Å². The van der Waals surface area contributed by atoms with Gasteiger partial charge in [-0.25, -0.2) is 4.39 Å². The smallest absolute Gasteiger partial charge is 0.226 e. The predicted molar refractivity (Wildman–Crippen MR) is 116 cm³/mol. The second-order valence-corrected chi connectivity index (χ2v) is 7.85. The Kier molecular flexibility index (Phi) is 7.04. The van der Waals surface area contributed by atoms with Gasteiger partial charge in [-0.2, -0.15) is 4.98 Å². The Morgan fingerprint density at radius 1 is 1.10 bits per heavy atom. The Bertz CT molecular complexity index is 969. The molecule has 1 saturated heterocycles. The van der Waals surface area contributed by atoms with E-state index in [0.29, 0.717) is 43.1 Å². The van der Waals surface area contributed by atoms with E-state index < -0.39 is 0 Å². The molecule has 0 radical (unpaired) electrons. The highest BCUT2D eigenvalue weighted by molar-refractivity contribution is 5.75. The predicted octanol–water partition coefficient (Wildman–Crippen LogP) is 4.15. The van der Waals surface area contributed by atoms with Crippen LogP contribution >= 0.6 is 0 Å². The normalized spacial score (nSPS) is 15.1. The van der Waals surface area contributed by atoms with Gasteiger partial charge >= 0.3 is 0 Å². The van der Waals surface area contributed by atoms with Crippen LogP contribution in [0.3, 0.4) is 0 Å². The number of halogens is 1. The number of aromatic nitrogens is 2. The van der Waals surface area contributed by atoms with Crippen molar-refractivity contribution in [1.29, 1.82) is 0 Å². The lowest BCUT2D eigenvalue weighted by atomic mass is 10.1. The zero-order valence-electron chi connectivity index (χ0n) is 17.5. The molecule has 0 bridgehead atoms. The average Bonchev–Trinajstić information content (AvgIpc) is 3.48. The highest BCUT2D eigenvalue weighted by Crippen LogP contribution is 2.24. The number of hydrogen-bond donors (Lipinski definition) is 1. The molecule has 6 nitrogen and oxygen atoms in total. The first-order chi connectivity index (χ1) is 15.2. The zero-order valence-corrected chi connectivity index (χ0v) is 17.5. The van der Waals surface area contributed by atoms with Gasteiger partial charge in [0.1, 0.15) is 5.82 Å². The summed E-state index contributed by atoms with van der Waals surface area (Å²) in [7, 11) is 0. The van der Waals surface area contributed by atoms with E-state index in [1.165, 1.54) is 30.5 Å². The molecule has 162 valence electrons. The number of carbonyl (C=O) groups is 1. The molecule has 0 saturated carbocycles. The van der Waals surface area contributed by atoms with Crippen LogP contribution in [0.5, 0.6) is 0 Å². The minimum Gasteiger partial charge on any atom is -0.354 e. The lowest BCUT2D eigenvalue weighted by molar-refractivity contribution is -0.121. The number of likely N-dealkylation sites (tertiary alicyclic amines) is 1. The fraction of sp³-hybridized carbons (Fsp3) is 0.375. The lowest BCUT2D eigenvalue weighted by Gasteiger charge is -2.28. The van der Waals surface area contributed by atoms with Crippen molar-refractivity contribution in [3.8, 4) is 11.4 Å². The van der Waals surface area contributed by atoms with Crippen LogP contribution in [0.4, 0.5) is 4.39 Å². The van der Waals surface area contributed by atoms with Gasteiger partial charge in [0, 0.05) is 24.9 Å².